The van der Waals surface area contributed by atoms with E-state index in [4.69, 9.17) is 0 Å². The first-order chi connectivity index (χ1) is 4.70. The maximum absolute atomic E-state index is 11.5. The van der Waals surface area contributed by atoms with Crippen molar-refractivity contribution in [1.82, 2.24) is 0 Å². The highest BCUT2D eigenvalue weighted by atomic mass is 19.3. The Labute approximate surface area is 60.9 Å². The van der Waals surface area contributed by atoms with Gasteiger partial charge >= 0.3 is 0 Å². The van der Waals surface area contributed by atoms with Gasteiger partial charge in [-0.1, -0.05) is 26.7 Å². The third-order valence-electron chi connectivity index (χ3n) is 1.76. The maximum Gasteiger partial charge on any atom is 0.266 e. The number of halogens is 2. The number of hydrogen-bond acceptors (Lipinski definition) is 0. The van der Waals surface area contributed by atoms with Crippen LogP contribution in [0.25, 0.3) is 0 Å². The van der Waals surface area contributed by atoms with Crippen LogP contribution in [0.1, 0.15) is 33.1 Å². The van der Waals surface area contributed by atoms with Crippen LogP contribution in [-0.4, -0.2) is 0 Å². The van der Waals surface area contributed by atoms with Gasteiger partial charge < -0.3 is 0 Å². The van der Waals surface area contributed by atoms with Crippen LogP contribution in [0, 0.1) is 5.92 Å². The molecule has 0 aliphatic carbocycles. The van der Waals surface area contributed by atoms with E-state index in [0.29, 0.717) is 12.3 Å². The monoisotopic (exact) mass is 148 g/mol. The van der Waals surface area contributed by atoms with Gasteiger partial charge in [0.15, 0.2) is 0 Å². The van der Waals surface area contributed by atoms with Crippen LogP contribution in [0.15, 0.2) is 12.2 Å². The second kappa shape index (κ2) is 5.39. The summed E-state index contributed by atoms with van der Waals surface area (Å²) in [4.78, 5) is 0. The third kappa shape index (κ3) is 4.48. The Morgan fingerprint density at radius 1 is 1.30 bits per heavy atom. The van der Waals surface area contributed by atoms with Crippen LogP contribution >= 0.6 is 0 Å². The number of hydrogen-bond donors (Lipinski definition) is 0. The lowest BCUT2D eigenvalue weighted by Crippen LogP contribution is -1.93. The van der Waals surface area contributed by atoms with Crippen molar-refractivity contribution in [1.29, 1.82) is 0 Å². The summed E-state index contributed by atoms with van der Waals surface area (Å²) in [5, 5.41) is 0. The average molecular weight is 148 g/mol. The van der Waals surface area contributed by atoms with Gasteiger partial charge in [0.25, 0.3) is 6.08 Å². The number of allylic oxidation sites excluding steroid dienone is 1. The molecule has 0 aromatic rings. The lowest BCUT2D eigenvalue weighted by molar-refractivity contribution is 0.406. The minimum Gasteiger partial charge on any atom is -0.174 e. The molecule has 0 saturated heterocycles. The molecule has 0 rings (SSSR count). The van der Waals surface area contributed by atoms with Crippen LogP contribution < -0.4 is 0 Å². The molecule has 0 N–H and O–H groups in total. The summed E-state index contributed by atoms with van der Waals surface area (Å²) in [7, 11) is 0. The molecule has 0 amide bonds. The van der Waals surface area contributed by atoms with E-state index in [0.717, 1.165) is 18.9 Å². The van der Waals surface area contributed by atoms with Gasteiger partial charge in [-0.3, -0.25) is 0 Å². The summed E-state index contributed by atoms with van der Waals surface area (Å²) in [6, 6.07) is 0. The normalized spacial score (nSPS) is 10.1. The zero-order valence-corrected chi connectivity index (χ0v) is 6.53. The molecule has 0 saturated carbocycles. The molecule has 0 heterocycles. The van der Waals surface area contributed by atoms with E-state index in [-0.39, 0.29) is 0 Å². The summed E-state index contributed by atoms with van der Waals surface area (Å²) in [6.07, 6.45) is 1.96. The van der Waals surface area contributed by atoms with Gasteiger partial charge in [0.2, 0.25) is 0 Å². The van der Waals surface area contributed by atoms with Crippen molar-refractivity contribution in [2.75, 3.05) is 0 Å². The average Bonchev–Trinajstić information content (AvgIpc) is 1.90. The molecule has 0 radical (unpaired) electrons. The molecular weight excluding hydrogens is 134 g/mol. The van der Waals surface area contributed by atoms with Gasteiger partial charge in [0, 0.05) is 0 Å². The van der Waals surface area contributed by atoms with E-state index in [1.54, 1.807) is 0 Å². The van der Waals surface area contributed by atoms with E-state index >= 15 is 0 Å². The fourth-order valence-electron chi connectivity index (χ4n) is 0.878. The van der Waals surface area contributed by atoms with Crippen LogP contribution in [0.3, 0.4) is 0 Å². The molecule has 0 unspecified atom stereocenters. The van der Waals surface area contributed by atoms with Crippen molar-refractivity contribution in [3.63, 3.8) is 0 Å². The van der Waals surface area contributed by atoms with E-state index in [1.807, 2.05) is 13.8 Å². The summed E-state index contributed by atoms with van der Waals surface area (Å²) in [5.74, 6) is 0.432. The lowest BCUT2D eigenvalue weighted by Gasteiger charge is -2.06. The Hall–Kier alpha value is -0.400. The minimum atomic E-state index is -1.55. The zero-order chi connectivity index (χ0) is 7.98. The van der Waals surface area contributed by atoms with Gasteiger partial charge in [-0.25, -0.2) is 0 Å². The zero-order valence-electron chi connectivity index (χ0n) is 6.53. The maximum atomic E-state index is 11.5. The molecule has 0 spiro atoms. The summed E-state index contributed by atoms with van der Waals surface area (Å²) in [6.45, 7) is 4.05. The van der Waals surface area contributed by atoms with E-state index in [2.05, 4.69) is 0 Å². The van der Waals surface area contributed by atoms with Gasteiger partial charge in [0.1, 0.15) is 0 Å². The van der Waals surface area contributed by atoms with Gasteiger partial charge in [-0.15, -0.1) is 0 Å². The first-order valence-corrected chi connectivity index (χ1v) is 3.71. The summed E-state index contributed by atoms with van der Waals surface area (Å²) in [5.41, 5.74) is 0. The standard InChI is InChI=1S/C8H14F2/c1-3-7(4-2)5-6-8(9)10/h6-7H,3-5H2,1-2H3. The summed E-state index contributed by atoms with van der Waals surface area (Å²) >= 11 is 0. The fraction of sp³-hybridized carbons (Fsp3) is 0.750. The predicted octanol–water partition coefficient (Wildman–Crippen LogP) is 3.59. The molecule has 2 heteroatoms. The molecule has 0 atom stereocenters. The highest BCUT2D eigenvalue weighted by Gasteiger charge is 2.00. The molecule has 0 aromatic heterocycles. The molecule has 0 nitrogen and oxygen atoms in total. The molecule has 0 aliphatic rings. The molecule has 0 aliphatic heterocycles. The SMILES string of the molecule is CCC(CC)CC=C(F)F. The first kappa shape index (κ1) is 9.60. The van der Waals surface area contributed by atoms with E-state index < -0.39 is 6.08 Å². The predicted molar refractivity (Wildman–Crippen MR) is 39.0 cm³/mol. The Balaban J connectivity index is 3.54. The van der Waals surface area contributed by atoms with Crippen molar-refractivity contribution in [2.24, 2.45) is 5.92 Å². The molecule has 0 aromatic carbocycles. The molecule has 10 heavy (non-hydrogen) atoms. The second-order valence-corrected chi connectivity index (χ2v) is 2.41. The van der Waals surface area contributed by atoms with Gasteiger partial charge in [-0.2, -0.15) is 8.78 Å². The largest absolute Gasteiger partial charge is 0.266 e. The van der Waals surface area contributed by atoms with Crippen LogP contribution in [0.4, 0.5) is 8.78 Å². The lowest BCUT2D eigenvalue weighted by atomic mass is 10.00. The Morgan fingerprint density at radius 2 is 1.80 bits per heavy atom. The van der Waals surface area contributed by atoms with Crippen molar-refractivity contribution < 1.29 is 8.78 Å². The third-order valence-corrected chi connectivity index (χ3v) is 1.76. The van der Waals surface area contributed by atoms with E-state index in [9.17, 15) is 8.78 Å². The molecule has 0 fully saturated rings. The minimum absolute atomic E-state index is 0.432. The Bertz CT molecular complexity index is 99.8. The topological polar surface area (TPSA) is 0 Å². The van der Waals surface area contributed by atoms with Gasteiger partial charge in [0.05, 0.1) is 0 Å². The van der Waals surface area contributed by atoms with Crippen molar-refractivity contribution in [3.05, 3.63) is 12.2 Å². The molecule has 0 bridgehead atoms. The molecular formula is C8H14F2. The first-order valence-electron chi connectivity index (χ1n) is 3.71. The Kier molecular flexibility index (Phi) is 5.17. The number of rotatable bonds is 4. The van der Waals surface area contributed by atoms with Crippen LogP contribution in [-0.2, 0) is 0 Å². The van der Waals surface area contributed by atoms with Crippen molar-refractivity contribution in [2.45, 2.75) is 33.1 Å². The van der Waals surface area contributed by atoms with Crippen molar-refractivity contribution in [3.8, 4) is 0 Å². The fourth-order valence-corrected chi connectivity index (χ4v) is 0.878. The Morgan fingerprint density at radius 3 is 2.10 bits per heavy atom. The molecule has 60 valence electrons. The smallest absolute Gasteiger partial charge is 0.174 e. The highest BCUT2D eigenvalue weighted by Crippen LogP contribution is 2.14. The quantitative estimate of drug-likeness (QED) is 0.571. The van der Waals surface area contributed by atoms with Crippen LogP contribution in [0.5, 0.6) is 0 Å². The summed E-state index contributed by atoms with van der Waals surface area (Å²) < 4.78 is 23.1. The van der Waals surface area contributed by atoms with Crippen LogP contribution in [0.2, 0.25) is 0 Å². The van der Waals surface area contributed by atoms with E-state index in [1.165, 1.54) is 0 Å². The highest BCUT2D eigenvalue weighted by molar-refractivity contribution is 4.82. The second-order valence-electron chi connectivity index (χ2n) is 2.41. The van der Waals surface area contributed by atoms with Gasteiger partial charge in [-0.05, 0) is 18.4 Å². The van der Waals surface area contributed by atoms with Crippen molar-refractivity contribution >= 4 is 0 Å².